The van der Waals surface area contributed by atoms with E-state index in [-0.39, 0.29) is 0 Å². The summed E-state index contributed by atoms with van der Waals surface area (Å²) < 4.78 is 1.21. The highest BCUT2D eigenvalue weighted by molar-refractivity contribution is 9.10. The third kappa shape index (κ3) is 2.04. The Bertz CT molecular complexity index is 428. The summed E-state index contributed by atoms with van der Waals surface area (Å²) >= 11 is 3.62. The van der Waals surface area contributed by atoms with Crippen molar-refractivity contribution in [2.75, 3.05) is 13.1 Å². The number of halogens is 1. The van der Waals surface area contributed by atoms with Crippen molar-refractivity contribution in [1.82, 2.24) is 5.32 Å². The van der Waals surface area contributed by atoms with E-state index in [0.29, 0.717) is 5.41 Å². The second-order valence-electron chi connectivity index (χ2n) is 6.28. The summed E-state index contributed by atoms with van der Waals surface area (Å²) in [4.78, 5) is 0. The van der Waals surface area contributed by atoms with Crippen LogP contribution in [0.3, 0.4) is 0 Å². The van der Waals surface area contributed by atoms with Crippen LogP contribution in [0.2, 0.25) is 0 Å². The summed E-state index contributed by atoms with van der Waals surface area (Å²) in [6.45, 7) is 4.41. The molecule has 2 saturated carbocycles. The van der Waals surface area contributed by atoms with Gasteiger partial charge in [0.2, 0.25) is 0 Å². The largest absolute Gasteiger partial charge is 0.316 e. The molecular weight excluding hydrogens is 286 g/mol. The molecule has 0 aliphatic heterocycles. The van der Waals surface area contributed by atoms with Crippen molar-refractivity contribution in [1.29, 1.82) is 0 Å². The fourth-order valence-corrected chi connectivity index (χ4v) is 4.43. The standard InChI is InChI=1S/C16H22BrN/c1-2-18-12-16(10-15(11-16)7-4-8-15)13-5-3-6-14(17)9-13/h3,5-6,9,18H,2,4,7-8,10-12H2,1H3. The molecule has 0 amide bonds. The second kappa shape index (κ2) is 4.64. The molecule has 1 aromatic rings. The van der Waals surface area contributed by atoms with Crippen molar-refractivity contribution in [3.8, 4) is 0 Å². The van der Waals surface area contributed by atoms with E-state index in [1.807, 2.05) is 0 Å². The zero-order chi connectivity index (χ0) is 12.6. The SMILES string of the molecule is CCNCC1(c2cccc(Br)c2)CC2(CCC2)C1. The van der Waals surface area contributed by atoms with Gasteiger partial charge in [-0.3, -0.25) is 0 Å². The molecule has 0 heterocycles. The molecule has 0 aromatic heterocycles. The zero-order valence-corrected chi connectivity index (χ0v) is 12.7. The summed E-state index contributed by atoms with van der Waals surface area (Å²) in [5, 5.41) is 3.58. The maximum Gasteiger partial charge on any atom is 0.0178 e. The molecule has 2 heteroatoms. The first-order chi connectivity index (χ1) is 8.68. The Morgan fingerprint density at radius 2 is 2.06 bits per heavy atom. The van der Waals surface area contributed by atoms with E-state index in [1.165, 1.54) is 42.1 Å². The Labute approximate surface area is 118 Å². The molecule has 3 rings (SSSR count). The van der Waals surface area contributed by atoms with Crippen LogP contribution in [0.1, 0.15) is 44.6 Å². The van der Waals surface area contributed by atoms with E-state index in [1.54, 1.807) is 0 Å². The van der Waals surface area contributed by atoms with Crippen LogP contribution >= 0.6 is 15.9 Å². The van der Waals surface area contributed by atoms with Crippen LogP contribution in [0.5, 0.6) is 0 Å². The molecule has 0 unspecified atom stereocenters. The van der Waals surface area contributed by atoms with E-state index in [4.69, 9.17) is 0 Å². The quantitative estimate of drug-likeness (QED) is 0.876. The lowest BCUT2D eigenvalue weighted by Crippen LogP contribution is -2.57. The van der Waals surface area contributed by atoms with Gasteiger partial charge in [0, 0.05) is 16.4 Å². The zero-order valence-electron chi connectivity index (χ0n) is 11.1. The third-order valence-electron chi connectivity index (χ3n) is 4.99. The Kier molecular flexibility index (Phi) is 3.27. The maximum absolute atomic E-state index is 3.62. The molecule has 2 fully saturated rings. The maximum atomic E-state index is 3.62. The van der Waals surface area contributed by atoms with Crippen molar-refractivity contribution in [2.45, 2.75) is 44.4 Å². The summed E-state index contributed by atoms with van der Waals surface area (Å²) in [5.41, 5.74) is 2.65. The van der Waals surface area contributed by atoms with Gasteiger partial charge in [0.1, 0.15) is 0 Å². The minimum absolute atomic E-state index is 0.403. The number of rotatable bonds is 4. The molecule has 0 radical (unpaired) electrons. The normalized spacial score (nSPS) is 23.4. The van der Waals surface area contributed by atoms with Gasteiger partial charge in [0.05, 0.1) is 0 Å². The van der Waals surface area contributed by atoms with E-state index in [0.717, 1.165) is 18.5 Å². The molecule has 1 spiro atoms. The first kappa shape index (κ1) is 12.7. The summed E-state index contributed by atoms with van der Waals surface area (Å²) in [5.74, 6) is 0. The van der Waals surface area contributed by atoms with Crippen LogP contribution in [0.15, 0.2) is 28.7 Å². The molecule has 0 atom stereocenters. The van der Waals surface area contributed by atoms with Gasteiger partial charge in [-0.2, -0.15) is 0 Å². The van der Waals surface area contributed by atoms with Gasteiger partial charge >= 0.3 is 0 Å². The first-order valence-electron chi connectivity index (χ1n) is 7.15. The molecule has 1 N–H and O–H groups in total. The number of nitrogens with one attached hydrogen (secondary N) is 1. The van der Waals surface area contributed by atoms with E-state index >= 15 is 0 Å². The third-order valence-corrected chi connectivity index (χ3v) is 5.48. The van der Waals surface area contributed by atoms with Crippen molar-refractivity contribution >= 4 is 15.9 Å². The van der Waals surface area contributed by atoms with Crippen LogP contribution < -0.4 is 5.32 Å². The van der Waals surface area contributed by atoms with E-state index in [9.17, 15) is 0 Å². The smallest absolute Gasteiger partial charge is 0.0178 e. The molecule has 18 heavy (non-hydrogen) atoms. The van der Waals surface area contributed by atoms with Crippen LogP contribution in [0.4, 0.5) is 0 Å². The van der Waals surface area contributed by atoms with Crippen LogP contribution in [0, 0.1) is 5.41 Å². The number of likely N-dealkylation sites (N-methyl/N-ethyl adjacent to an activating group) is 1. The molecule has 0 bridgehead atoms. The first-order valence-corrected chi connectivity index (χ1v) is 7.94. The Hall–Kier alpha value is -0.340. The highest BCUT2D eigenvalue weighted by atomic mass is 79.9. The minimum Gasteiger partial charge on any atom is -0.316 e. The summed E-state index contributed by atoms with van der Waals surface area (Å²) in [6.07, 6.45) is 7.17. The highest BCUT2D eigenvalue weighted by Gasteiger charge is 2.57. The fourth-order valence-electron chi connectivity index (χ4n) is 4.03. The minimum atomic E-state index is 0.403. The molecule has 98 valence electrons. The van der Waals surface area contributed by atoms with Gasteiger partial charge in [0.25, 0.3) is 0 Å². The van der Waals surface area contributed by atoms with Crippen LogP contribution in [-0.2, 0) is 5.41 Å². The molecule has 1 nitrogen and oxygen atoms in total. The van der Waals surface area contributed by atoms with Gasteiger partial charge in [-0.25, -0.2) is 0 Å². The summed E-state index contributed by atoms with van der Waals surface area (Å²) in [7, 11) is 0. The molecular formula is C16H22BrN. The van der Waals surface area contributed by atoms with Crippen molar-refractivity contribution < 1.29 is 0 Å². The lowest BCUT2D eigenvalue weighted by molar-refractivity contribution is -0.0481. The summed E-state index contributed by atoms with van der Waals surface area (Å²) in [6, 6.07) is 8.94. The number of hydrogen-bond acceptors (Lipinski definition) is 1. The van der Waals surface area contributed by atoms with Crippen molar-refractivity contribution in [3.63, 3.8) is 0 Å². The Balaban J connectivity index is 1.82. The predicted octanol–water partition coefficient (Wildman–Crippen LogP) is 4.26. The van der Waals surface area contributed by atoms with Gasteiger partial charge in [-0.05, 0) is 55.3 Å². The van der Waals surface area contributed by atoms with E-state index in [2.05, 4.69) is 52.4 Å². The van der Waals surface area contributed by atoms with Crippen molar-refractivity contribution in [2.24, 2.45) is 5.41 Å². The number of hydrogen-bond donors (Lipinski definition) is 1. The van der Waals surface area contributed by atoms with Gasteiger partial charge < -0.3 is 5.32 Å². The van der Waals surface area contributed by atoms with Crippen LogP contribution in [0.25, 0.3) is 0 Å². The fraction of sp³-hybridized carbons (Fsp3) is 0.625. The highest BCUT2D eigenvalue weighted by Crippen LogP contribution is 2.64. The topological polar surface area (TPSA) is 12.0 Å². The van der Waals surface area contributed by atoms with Gasteiger partial charge in [-0.15, -0.1) is 0 Å². The Morgan fingerprint density at radius 3 is 2.61 bits per heavy atom. The molecule has 0 saturated heterocycles. The van der Waals surface area contributed by atoms with Crippen LogP contribution in [-0.4, -0.2) is 13.1 Å². The average Bonchev–Trinajstić information content (AvgIpc) is 2.26. The average molecular weight is 308 g/mol. The Morgan fingerprint density at radius 1 is 1.28 bits per heavy atom. The van der Waals surface area contributed by atoms with Gasteiger partial charge in [-0.1, -0.05) is 41.4 Å². The van der Waals surface area contributed by atoms with E-state index < -0.39 is 0 Å². The second-order valence-corrected chi connectivity index (χ2v) is 7.19. The van der Waals surface area contributed by atoms with Crippen molar-refractivity contribution in [3.05, 3.63) is 34.3 Å². The monoisotopic (exact) mass is 307 g/mol. The lowest BCUT2D eigenvalue weighted by atomic mass is 9.44. The molecule has 2 aliphatic rings. The predicted molar refractivity (Wildman–Crippen MR) is 79.9 cm³/mol. The molecule has 1 aromatic carbocycles. The van der Waals surface area contributed by atoms with Gasteiger partial charge in [0.15, 0.2) is 0 Å². The molecule has 2 aliphatic carbocycles. The lowest BCUT2D eigenvalue weighted by Gasteiger charge is -2.62. The number of benzene rings is 1.